The van der Waals surface area contributed by atoms with E-state index in [4.69, 9.17) is 9.68 Å². The van der Waals surface area contributed by atoms with Crippen LogP contribution in [0.1, 0.15) is 19.4 Å². The second-order valence-corrected chi connectivity index (χ2v) is 4.21. The molecule has 0 fully saturated rings. The second kappa shape index (κ2) is 6.63. The van der Waals surface area contributed by atoms with E-state index in [1.54, 1.807) is 6.20 Å². The van der Waals surface area contributed by atoms with Gasteiger partial charge in [-0.1, -0.05) is 31.1 Å². The maximum Gasteiger partial charge on any atom is 0.297 e. The molecule has 3 rings (SSSR count). The van der Waals surface area contributed by atoms with Gasteiger partial charge in [-0.3, -0.25) is 0 Å². The first-order valence-corrected chi connectivity index (χ1v) is 6.89. The zero-order valence-electron chi connectivity index (χ0n) is 11.0. The number of nitrogens with one attached hydrogen (secondary N) is 2. The first-order chi connectivity index (χ1) is 9.88. The Morgan fingerprint density at radius 1 is 1.40 bits per heavy atom. The van der Waals surface area contributed by atoms with Crippen LogP contribution in [0.15, 0.2) is 40.4 Å². The predicted octanol–water partition coefficient (Wildman–Crippen LogP) is 3.57. The maximum atomic E-state index is 8.97. The maximum absolute atomic E-state index is 8.97. The van der Waals surface area contributed by atoms with Crippen molar-refractivity contribution in [3.05, 3.63) is 36.4 Å². The number of rotatable bonds is 3. The van der Waals surface area contributed by atoms with Crippen LogP contribution in [-0.4, -0.2) is 15.2 Å². The molecule has 2 aromatic heterocycles. The standard InChI is InChI=1S/C11H7N5OS.C2H6/c12-4-7-5-13-10-8(7)2-1-3-9(10)16-18-11-15-14-6-17-11;1-2/h1-3,5-6,13,16H;1-2H3. The Morgan fingerprint density at radius 3 is 2.95 bits per heavy atom. The van der Waals surface area contributed by atoms with Crippen molar-refractivity contribution in [1.82, 2.24) is 15.2 Å². The number of H-pyrrole nitrogens is 1. The average molecular weight is 287 g/mol. The zero-order chi connectivity index (χ0) is 14.4. The van der Waals surface area contributed by atoms with E-state index in [0.29, 0.717) is 10.8 Å². The molecule has 0 saturated heterocycles. The van der Waals surface area contributed by atoms with Gasteiger partial charge < -0.3 is 14.1 Å². The largest absolute Gasteiger partial charge is 0.418 e. The van der Waals surface area contributed by atoms with Crippen molar-refractivity contribution < 1.29 is 4.42 Å². The number of benzene rings is 1. The van der Waals surface area contributed by atoms with Crippen molar-refractivity contribution in [2.45, 2.75) is 19.1 Å². The first kappa shape index (κ1) is 14.0. The molecule has 102 valence electrons. The lowest BCUT2D eigenvalue weighted by atomic mass is 10.2. The lowest BCUT2D eigenvalue weighted by molar-refractivity contribution is 0.454. The van der Waals surface area contributed by atoms with Gasteiger partial charge in [0.1, 0.15) is 6.07 Å². The molecule has 0 bridgehead atoms. The number of aromatic nitrogens is 3. The third-order valence-corrected chi connectivity index (χ3v) is 3.10. The Morgan fingerprint density at radius 2 is 2.25 bits per heavy atom. The molecule has 0 unspecified atom stereocenters. The molecule has 0 aliphatic heterocycles. The fraction of sp³-hybridized carbons (Fsp3) is 0.154. The van der Waals surface area contributed by atoms with E-state index in [0.717, 1.165) is 16.6 Å². The van der Waals surface area contributed by atoms with E-state index in [2.05, 4.69) is 26.0 Å². The Balaban J connectivity index is 0.000000704. The summed E-state index contributed by atoms with van der Waals surface area (Å²) in [5.41, 5.74) is 2.36. The summed E-state index contributed by atoms with van der Waals surface area (Å²) in [6.45, 7) is 4.00. The minimum absolute atomic E-state index is 0.430. The van der Waals surface area contributed by atoms with Gasteiger partial charge in [0.25, 0.3) is 5.22 Å². The van der Waals surface area contributed by atoms with E-state index < -0.39 is 0 Å². The molecule has 0 spiro atoms. The van der Waals surface area contributed by atoms with Gasteiger partial charge in [-0.2, -0.15) is 5.26 Å². The highest BCUT2D eigenvalue weighted by molar-refractivity contribution is 8.00. The minimum atomic E-state index is 0.430. The molecule has 7 heteroatoms. The van der Waals surface area contributed by atoms with Crippen LogP contribution in [0.2, 0.25) is 0 Å². The lowest BCUT2D eigenvalue weighted by Crippen LogP contribution is -1.88. The molecule has 2 heterocycles. The van der Waals surface area contributed by atoms with Crippen molar-refractivity contribution in [1.29, 1.82) is 5.26 Å². The number of nitriles is 1. The summed E-state index contributed by atoms with van der Waals surface area (Å²) in [6, 6.07) is 7.82. The van der Waals surface area contributed by atoms with Crippen molar-refractivity contribution in [2.75, 3.05) is 4.72 Å². The van der Waals surface area contributed by atoms with Gasteiger partial charge in [-0.25, -0.2) is 0 Å². The van der Waals surface area contributed by atoms with Crippen molar-refractivity contribution >= 4 is 28.5 Å². The monoisotopic (exact) mass is 287 g/mol. The van der Waals surface area contributed by atoms with Crippen molar-refractivity contribution in [3.8, 4) is 6.07 Å². The highest BCUT2D eigenvalue weighted by Crippen LogP contribution is 2.28. The quantitative estimate of drug-likeness (QED) is 0.716. The molecule has 3 aromatic rings. The normalized spacial score (nSPS) is 9.65. The van der Waals surface area contributed by atoms with Crippen LogP contribution >= 0.6 is 11.9 Å². The molecular formula is C13H13N5OS. The van der Waals surface area contributed by atoms with Gasteiger partial charge in [0.15, 0.2) is 0 Å². The fourth-order valence-electron chi connectivity index (χ4n) is 1.64. The third-order valence-electron chi connectivity index (χ3n) is 2.42. The SMILES string of the molecule is CC.N#Cc1c[nH]c2c(NSc3nnco3)cccc12. The van der Waals surface area contributed by atoms with Gasteiger partial charge in [0, 0.05) is 23.5 Å². The summed E-state index contributed by atoms with van der Waals surface area (Å²) in [5, 5.41) is 17.6. The third kappa shape index (κ3) is 2.75. The number of para-hydroxylation sites is 1. The molecule has 0 radical (unpaired) electrons. The fourth-order valence-corrected chi connectivity index (χ4v) is 2.18. The molecule has 0 aliphatic rings. The number of nitrogens with zero attached hydrogens (tertiary/aromatic N) is 3. The van der Waals surface area contributed by atoms with Gasteiger partial charge >= 0.3 is 0 Å². The Kier molecular flexibility index (Phi) is 4.63. The molecule has 0 aliphatic carbocycles. The summed E-state index contributed by atoms with van der Waals surface area (Å²) in [4.78, 5) is 3.07. The van der Waals surface area contributed by atoms with E-state index in [9.17, 15) is 0 Å². The number of anilines is 1. The number of aromatic amines is 1. The molecule has 0 atom stereocenters. The predicted molar refractivity (Wildman–Crippen MR) is 78.1 cm³/mol. The molecule has 6 nitrogen and oxygen atoms in total. The summed E-state index contributed by atoms with van der Waals surface area (Å²) < 4.78 is 8.12. The van der Waals surface area contributed by atoms with E-state index in [1.165, 1.54) is 18.3 Å². The summed E-state index contributed by atoms with van der Waals surface area (Å²) in [5.74, 6) is 0. The molecule has 0 amide bonds. The highest BCUT2D eigenvalue weighted by Gasteiger charge is 2.08. The van der Waals surface area contributed by atoms with Gasteiger partial charge in [-0.15, -0.1) is 5.10 Å². The van der Waals surface area contributed by atoms with E-state index in [-0.39, 0.29) is 0 Å². The summed E-state index contributed by atoms with van der Waals surface area (Å²) >= 11 is 1.22. The van der Waals surface area contributed by atoms with E-state index in [1.807, 2.05) is 32.0 Å². The van der Waals surface area contributed by atoms with Crippen LogP contribution < -0.4 is 4.72 Å². The lowest BCUT2D eigenvalue weighted by Gasteiger charge is -2.03. The summed E-state index contributed by atoms with van der Waals surface area (Å²) in [6.07, 6.45) is 2.96. The van der Waals surface area contributed by atoms with Crippen LogP contribution in [0.4, 0.5) is 5.69 Å². The second-order valence-electron chi connectivity index (χ2n) is 3.45. The van der Waals surface area contributed by atoms with Crippen molar-refractivity contribution in [3.63, 3.8) is 0 Å². The molecular weight excluding hydrogens is 274 g/mol. The smallest absolute Gasteiger partial charge is 0.297 e. The van der Waals surface area contributed by atoms with Gasteiger partial charge in [-0.05, 0) is 6.07 Å². The number of hydrogen-bond acceptors (Lipinski definition) is 6. The topological polar surface area (TPSA) is 90.5 Å². The van der Waals surface area contributed by atoms with Crippen LogP contribution in [0.25, 0.3) is 10.9 Å². The Labute approximate surface area is 120 Å². The van der Waals surface area contributed by atoms with E-state index >= 15 is 0 Å². The van der Waals surface area contributed by atoms with Gasteiger partial charge in [0.2, 0.25) is 6.39 Å². The molecule has 1 aromatic carbocycles. The van der Waals surface area contributed by atoms with Crippen LogP contribution in [0.5, 0.6) is 0 Å². The molecule has 20 heavy (non-hydrogen) atoms. The average Bonchev–Trinajstić information content (AvgIpc) is 3.16. The minimum Gasteiger partial charge on any atom is -0.418 e. The van der Waals surface area contributed by atoms with Crippen LogP contribution in [0.3, 0.4) is 0 Å². The van der Waals surface area contributed by atoms with Crippen LogP contribution in [0, 0.1) is 11.3 Å². The first-order valence-electron chi connectivity index (χ1n) is 6.07. The summed E-state index contributed by atoms with van der Waals surface area (Å²) in [7, 11) is 0. The number of hydrogen-bond donors (Lipinski definition) is 2. The van der Waals surface area contributed by atoms with Gasteiger partial charge in [0.05, 0.1) is 16.8 Å². The van der Waals surface area contributed by atoms with Crippen molar-refractivity contribution in [2.24, 2.45) is 0 Å². The van der Waals surface area contributed by atoms with Crippen LogP contribution in [-0.2, 0) is 0 Å². The Bertz CT molecular complexity index is 714. The molecule has 0 saturated carbocycles. The highest BCUT2D eigenvalue weighted by atomic mass is 32.2. The number of fused-ring (bicyclic) bond motifs is 1. The molecule has 2 N–H and O–H groups in total. The Hall–Kier alpha value is -2.46. The zero-order valence-corrected chi connectivity index (χ0v) is 11.9.